The summed E-state index contributed by atoms with van der Waals surface area (Å²) in [5.41, 5.74) is 0. The molecule has 2 rings (SSSR count). The largest absolute Gasteiger partial charge is 0.394 e. The van der Waals surface area contributed by atoms with Gasteiger partial charge in [0.2, 0.25) is 5.91 Å². The summed E-state index contributed by atoms with van der Waals surface area (Å²) >= 11 is 0. The number of ether oxygens (including phenoxy) is 3. The van der Waals surface area contributed by atoms with Crippen LogP contribution < -0.4 is 5.32 Å². The van der Waals surface area contributed by atoms with E-state index in [1.54, 1.807) is 0 Å². The second-order valence-corrected chi connectivity index (χ2v) is 6.26. The second kappa shape index (κ2) is 8.84. The molecule has 0 aliphatic carbocycles. The molecule has 0 saturated carbocycles. The summed E-state index contributed by atoms with van der Waals surface area (Å²) in [7, 11) is 0. The smallest absolute Gasteiger partial charge is 0.217 e. The molecule has 8 N–H and O–H groups in total. The summed E-state index contributed by atoms with van der Waals surface area (Å²) in [6.45, 7) is -0.199. The highest BCUT2D eigenvalue weighted by atomic mass is 16.7. The molecule has 152 valence electrons. The molecule has 26 heavy (non-hydrogen) atoms. The van der Waals surface area contributed by atoms with Gasteiger partial charge in [-0.1, -0.05) is 0 Å². The highest BCUT2D eigenvalue weighted by Crippen LogP contribution is 2.28. The Morgan fingerprint density at radius 2 is 1.50 bits per heavy atom. The van der Waals surface area contributed by atoms with Gasteiger partial charge >= 0.3 is 0 Å². The van der Waals surface area contributed by atoms with Crippen LogP contribution in [-0.4, -0.2) is 116 Å². The van der Waals surface area contributed by atoms with Gasteiger partial charge in [-0.05, 0) is 0 Å². The lowest BCUT2D eigenvalue weighted by Gasteiger charge is -2.46. The first-order chi connectivity index (χ1) is 12.2. The van der Waals surface area contributed by atoms with Crippen molar-refractivity contribution in [3.05, 3.63) is 0 Å². The monoisotopic (exact) mass is 383 g/mol. The number of rotatable bonds is 5. The molecular weight excluding hydrogens is 358 g/mol. The second-order valence-electron chi connectivity index (χ2n) is 6.26. The van der Waals surface area contributed by atoms with E-state index in [-0.39, 0.29) is 0 Å². The first-order valence-electron chi connectivity index (χ1n) is 8.06. The molecular formula is C14H25NO11. The van der Waals surface area contributed by atoms with Crippen molar-refractivity contribution in [2.75, 3.05) is 13.2 Å². The van der Waals surface area contributed by atoms with E-state index in [1.807, 2.05) is 0 Å². The maximum atomic E-state index is 11.4. The van der Waals surface area contributed by atoms with Gasteiger partial charge in [0.15, 0.2) is 12.6 Å². The Balaban J connectivity index is 2.22. The fraction of sp³-hybridized carbons (Fsp3) is 0.929. The molecule has 2 heterocycles. The van der Waals surface area contributed by atoms with E-state index >= 15 is 0 Å². The van der Waals surface area contributed by atoms with Crippen molar-refractivity contribution in [1.82, 2.24) is 5.32 Å². The van der Waals surface area contributed by atoms with Crippen LogP contribution in [0.15, 0.2) is 0 Å². The van der Waals surface area contributed by atoms with Gasteiger partial charge in [-0.15, -0.1) is 0 Å². The summed E-state index contributed by atoms with van der Waals surface area (Å²) in [5.74, 6) is -0.581. The third-order valence-corrected chi connectivity index (χ3v) is 4.38. The SMILES string of the molecule is CC(=O)N[C@H]1[C@@H](O[C@H]2[C@H](O)[C@@H](CO)OC(O)[C@H]2O)O[C@@H](CO)[C@@H](O)[C@@H]1O. The standard InChI is InChI=1S/C14H25NO11/c1-4(18)15-7-10(21)8(19)5(2-16)25-14(7)26-12-9(20)6(3-17)24-13(23)11(12)22/h5-14,16-17,19-23H,2-3H2,1H3,(H,15,18)/t5-,6+,7+,8+,9+,10+,11-,12-,13?,14+/m0/s1. The molecule has 1 unspecified atom stereocenters. The number of carbonyl (C=O) groups is 1. The lowest BCUT2D eigenvalue weighted by Crippen LogP contribution is -2.67. The van der Waals surface area contributed by atoms with Crippen LogP contribution in [0.25, 0.3) is 0 Å². The molecule has 0 aromatic carbocycles. The van der Waals surface area contributed by atoms with Crippen LogP contribution in [0, 0.1) is 0 Å². The van der Waals surface area contributed by atoms with Crippen LogP contribution in [0.5, 0.6) is 0 Å². The summed E-state index contributed by atoms with van der Waals surface area (Å²) in [5, 5.41) is 70.8. The third-order valence-electron chi connectivity index (χ3n) is 4.38. The lowest BCUT2D eigenvalue weighted by atomic mass is 9.95. The van der Waals surface area contributed by atoms with E-state index in [4.69, 9.17) is 14.2 Å². The predicted octanol–water partition coefficient (Wildman–Crippen LogP) is -5.25. The topological polar surface area (TPSA) is 198 Å². The van der Waals surface area contributed by atoms with Gasteiger partial charge in [-0.2, -0.15) is 0 Å². The van der Waals surface area contributed by atoms with E-state index in [2.05, 4.69) is 5.32 Å². The van der Waals surface area contributed by atoms with Gasteiger partial charge in [0.25, 0.3) is 0 Å². The lowest BCUT2D eigenvalue weighted by molar-refractivity contribution is -0.341. The molecule has 0 aromatic rings. The molecule has 10 atom stereocenters. The Kier molecular flexibility index (Phi) is 7.27. The molecule has 0 spiro atoms. The van der Waals surface area contributed by atoms with E-state index in [0.29, 0.717) is 0 Å². The first-order valence-corrected chi connectivity index (χ1v) is 8.06. The highest BCUT2D eigenvalue weighted by Gasteiger charge is 2.50. The molecule has 2 aliphatic heterocycles. The van der Waals surface area contributed by atoms with Gasteiger partial charge in [0.05, 0.1) is 13.2 Å². The Morgan fingerprint density at radius 1 is 0.923 bits per heavy atom. The van der Waals surface area contributed by atoms with Crippen molar-refractivity contribution in [3.8, 4) is 0 Å². The van der Waals surface area contributed by atoms with Gasteiger partial charge in [-0.25, -0.2) is 0 Å². The molecule has 1 amide bonds. The number of aliphatic hydroxyl groups is 7. The summed E-state index contributed by atoms with van der Waals surface area (Å²) < 4.78 is 15.6. The molecule has 12 heteroatoms. The fourth-order valence-corrected chi connectivity index (χ4v) is 2.97. The van der Waals surface area contributed by atoms with E-state index < -0.39 is 80.5 Å². The zero-order valence-electron chi connectivity index (χ0n) is 14.0. The van der Waals surface area contributed by atoms with E-state index in [1.165, 1.54) is 0 Å². The molecule has 2 saturated heterocycles. The van der Waals surface area contributed by atoms with Crippen LogP contribution in [0.4, 0.5) is 0 Å². The van der Waals surface area contributed by atoms with Crippen molar-refractivity contribution in [2.45, 2.75) is 68.3 Å². The van der Waals surface area contributed by atoms with Crippen LogP contribution in [-0.2, 0) is 19.0 Å². The highest BCUT2D eigenvalue weighted by molar-refractivity contribution is 5.73. The van der Waals surface area contributed by atoms with Gasteiger partial charge in [-0.3, -0.25) is 4.79 Å². The maximum absolute atomic E-state index is 11.4. The van der Waals surface area contributed by atoms with E-state index in [0.717, 1.165) is 6.92 Å². The third kappa shape index (κ3) is 4.31. The Bertz CT molecular complexity index is 480. The minimum Gasteiger partial charge on any atom is -0.394 e. The zero-order chi connectivity index (χ0) is 19.6. The molecule has 0 aromatic heterocycles. The van der Waals surface area contributed by atoms with Crippen molar-refractivity contribution in [2.24, 2.45) is 0 Å². The number of nitrogens with one attached hydrogen (secondary N) is 1. The molecule has 0 radical (unpaired) electrons. The van der Waals surface area contributed by atoms with Crippen LogP contribution >= 0.6 is 0 Å². The number of hydrogen-bond donors (Lipinski definition) is 8. The Hall–Kier alpha value is -0.930. The quantitative estimate of drug-likeness (QED) is 0.226. The Morgan fingerprint density at radius 3 is 2.04 bits per heavy atom. The van der Waals surface area contributed by atoms with Crippen LogP contribution in [0.3, 0.4) is 0 Å². The number of hydrogen-bond acceptors (Lipinski definition) is 11. The molecule has 0 bridgehead atoms. The van der Waals surface area contributed by atoms with Crippen molar-refractivity contribution < 1.29 is 54.8 Å². The van der Waals surface area contributed by atoms with Crippen molar-refractivity contribution >= 4 is 5.91 Å². The number of amides is 1. The van der Waals surface area contributed by atoms with Crippen molar-refractivity contribution in [1.29, 1.82) is 0 Å². The minimum absolute atomic E-state index is 0.581. The molecule has 2 fully saturated rings. The molecule has 2 aliphatic rings. The Labute approximate surface area is 148 Å². The summed E-state index contributed by atoms with van der Waals surface area (Å²) in [6.07, 6.45) is -13.7. The van der Waals surface area contributed by atoms with Crippen molar-refractivity contribution in [3.63, 3.8) is 0 Å². The maximum Gasteiger partial charge on any atom is 0.217 e. The summed E-state index contributed by atoms with van der Waals surface area (Å²) in [6, 6.07) is -1.29. The normalized spacial score (nSPS) is 46.8. The van der Waals surface area contributed by atoms with Gasteiger partial charge in [0, 0.05) is 6.92 Å². The zero-order valence-corrected chi connectivity index (χ0v) is 14.0. The minimum atomic E-state index is -1.77. The number of carbonyl (C=O) groups excluding carboxylic acids is 1. The average Bonchev–Trinajstić information content (AvgIpc) is 2.60. The van der Waals surface area contributed by atoms with Gasteiger partial charge in [0.1, 0.15) is 48.8 Å². The molecule has 12 nitrogen and oxygen atoms in total. The predicted molar refractivity (Wildman–Crippen MR) is 80.2 cm³/mol. The van der Waals surface area contributed by atoms with Crippen LogP contribution in [0.1, 0.15) is 6.92 Å². The number of aliphatic hydroxyl groups excluding tert-OH is 7. The van der Waals surface area contributed by atoms with E-state index in [9.17, 15) is 40.5 Å². The fourth-order valence-electron chi connectivity index (χ4n) is 2.97. The van der Waals surface area contributed by atoms with Crippen LogP contribution in [0.2, 0.25) is 0 Å². The van der Waals surface area contributed by atoms with Gasteiger partial charge < -0.3 is 55.3 Å². The average molecular weight is 383 g/mol. The first kappa shape index (κ1) is 21.4. The summed E-state index contributed by atoms with van der Waals surface area (Å²) in [4.78, 5) is 11.4.